The first-order valence-corrected chi connectivity index (χ1v) is 35.6. The summed E-state index contributed by atoms with van der Waals surface area (Å²) in [5.41, 5.74) is 0. The normalized spacial score (nSPS) is 12.3. The second-order valence-electron chi connectivity index (χ2n) is 24.1. The van der Waals surface area contributed by atoms with Crippen LogP contribution in [0.4, 0.5) is 0 Å². The van der Waals surface area contributed by atoms with E-state index in [2.05, 4.69) is 69.4 Å². The fourth-order valence-electron chi connectivity index (χ4n) is 10.7. The average molecular weight is 1120 g/mol. The zero-order valence-corrected chi connectivity index (χ0v) is 53.9. The summed E-state index contributed by atoms with van der Waals surface area (Å²) >= 11 is 0. The lowest BCUT2D eigenvalue weighted by molar-refractivity contribution is -0.167. The second-order valence-corrected chi connectivity index (χ2v) is 24.1. The highest BCUT2D eigenvalue weighted by atomic mass is 16.6. The molecule has 0 bridgehead atoms. The number of esters is 3. The molecule has 0 N–H and O–H groups in total. The van der Waals surface area contributed by atoms with Crippen molar-refractivity contribution in [1.29, 1.82) is 0 Å². The molecule has 0 spiro atoms. The summed E-state index contributed by atoms with van der Waals surface area (Å²) in [6.45, 7) is 6.68. The Morgan fingerprint density at radius 1 is 0.250 bits per heavy atom. The van der Waals surface area contributed by atoms with Gasteiger partial charge in [-0.1, -0.05) is 333 Å². The van der Waals surface area contributed by atoms with Crippen LogP contribution < -0.4 is 0 Å². The Balaban J connectivity index is 4.12. The third-order valence-electron chi connectivity index (χ3n) is 16.1. The van der Waals surface area contributed by atoms with Gasteiger partial charge in [0, 0.05) is 19.3 Å². The van der Waals surface area contributed by atoms with Crippen molar-refractivity contribution in [2.24, 2.45) is 0 Å². The molecule has 80 heavy (non-hydrogen) atoms. The lowest BCUT2D eigenvalue weighted by Gasteiger charge is -2.18. The zero-order valence-electron chi connectivity index (χ0n) is 53.9. The van der Waals surface area contributed by atoms with Gasteiger partial charge in [0.15, 0.2) is 6.10 Å². The van der Waals surface area contributed by atoms with Crippen LogP contribution in [0.5, 0.6) is 0 Å². The third-order valence-corrected chi connectivity index (χ3v) is 16.1. The van der Waals surface area contributed by atoms with Gasteiger partial charge in [0.25, 0.3) is 0 Å². The van der Waals surface area contributed by atoms with E-state index in [-0.39, 0.29) is 31.1 Å². The van der Waals surface area contributed by atoms with Gasteiger partial charge in [-0.15, -0.1) is 0 Å². The van der Waals surface area contributed by atoms with Crippen LogP contribution in [0.15, 0.2) is 48.6 Å². The van der Waals surface area contributed by atoms with Gasteiger partial charge >= 0.3 is 17.9 Å². The molecule has 0 amide bonds. The van der Waals surface area contributed by atoms with E-state index in [1.54, 1.807) is 0 Å². The number of allylic oxidation sites excluding steroid dienone is 8. The van der Waals surface area contributed by atoms with Gasteiger partial charge in [-0.25, -0.2) is 0 Å². The van der Waals surface area contributed by atoms with Crippen LogP contribution in [0.1, 0.15) is 387 Å². The Hall–Kier alpha value is -2.63. The summed E-state index contributed by atoms with van der Waals surface area (Å²) in [4.78, 5) is 38.4. The first-order valence-electron chi connectivity index (χ1n) is 35.6. The minimum Gasteiger partial charge on any atom is -0.462 e. The predicted molar refractivity (Wildman–Crippen MR) is 349 cm³/mol. The Morgan fingerprint density at radius 3 is 0.713 bits per heavy atom. The van der Waals surface area contributed by atoms with Gasteiger partial charge in [-0.05, 0) is 83.5 Å². The molecule has 0 aliphatic carbocycles. The number of hydrogen-bond acceptors (Lipinski definition) is 6. The molecule has 0 radical (unpaired) electrons. The number of unbranched alkanes of at least 4 members (excludes halogenated alkanes) is 47. The highest BCUT2D eigenvalue weighted by Gasteiger charge is 2.19. The Morgan fingerprint density at radius 2 is 0.450 bits per heavy atom. The number of ether oxygens (including phenoxy) is 3. The number of hydrogen-bond donors (Lipinski definition) is 0. The van der Waals surface area contributed by atoms with Gasteiger partial charge in [0.2, 0.25) is 0 Å². The molecule has 0 aliphatic rings. The lowest BCUT2D eigenvalue weighted by Crippen LogP contribution is -2.30. The van der Waals surface area contributed by atoms with Crippen LogP contribution in [0, 0.1) is 0 Å². The molecular formula is C74H136O6. The molecule has 6 heteroatoms. The molecule has 0 rings (SSSR count). The molecule has 1 unspecified atom stereocenters. The van der Waals surface area contributed by atoms with Crippen LogP contribution >= 0.6 is 0 Å². The summed E-state index contributed by atoms with van der Waals surface area (Å²) in [6.07, 6.45) is 87.2. The van der Waals surface area contributed by atoms with E-state index in [0.29, 0.717) is 19.3 Å². The highest BCUT2D eigenvalue weighted by Crippen LogP contribution is 2.18. The van der Waals surface area contributed by atoms with Crippen molar-refractivity contribution in [3.05, 3.63) is 48.6 Å². The van der Waals surface area contributed by atoms with Crippen molar-refractivity contribution in [2.45, 2.75) is 393 Å². The van der Waals surface area contributed by atoms with Crippen LogP contribution in [0.2, 0.25) is 0 Å². The number of carbonyl (C=O) groups is 3. The molecule has 0 fully saturated rings. The van der Waals surface area contributed by atoms with Crippen molar-refractivity contribution < 1.29 is 28.6 Å². The van der Waals surface area contributed by atoms with E-state index < -0.39 is 6.10 Å². The minimum atomic E-state index is -0.774. The van der Waals surface area contributed by atoms with Gasteiger partial charge in [-0.3, -0.25) is 14.4 Å². The number of rotatable bonds is 66. The van der Waals surface area contributed by atoms with E-state index >= 15 is 0 Å². The van der Waals surface area contributed by atoms with E-state index in [0.717, 1.165) is 77.0 Å². The van der Waals surface area contributed by atoms with Crippen molar-refractivity contribution in [3.63, 3.8) is 0 Å². The van der Waals surface area contributed by atoms with E-state index in [4.69, 9.17) is 14.2 Å². The zero-order chi connectivity index (χ0) is 57.8. The van der Waals surface area contributed by atoms with Crippen LogP contribution in [0.3, 0.4) is 0 Å². The molecule has 468 valence electrons. The van der Waals surface area contributed by atoms with Crippen LogP contribution in [-0.2, 0) is 28.6 Å². The summed E-state index contributed by atoms with van der Waals surface area (Å²) in [5, 5.41) is 0. The summed E-state index contributed by atoms with van der Waals surface area (Å²) in [7, 11) is 0. The highest BCUT2D eigenvalue weighted by molar-refractivity contribution is 5.71. The molecule has 0 aromatic rings. The summed E-state index contributed by atoms with van der Waals surface area (Å²) < 4.78 is 17.0. The smallest absolute Gasteiger partial charge is 0.306 e. The second kappa shape index (κ2) is 68.9. The predicted octanol–water partition coefficient (Wildman–Crippen LogP) is 24.5. The summed E-state index contributed by atoms with van der Waals surface area (Å²) in [5.74, 6) is -0.853. The topological polar surface area (TPSA) is 78.9 Å². The van der Waals surface area contributed by atoms with Gasteiger partial charge in [0.05, 0.1) is 0 Å². The maximum Gasteiger partial charge on any atom is 0.306 e. The van der Waals surface area contributed by atoms with E-state index in [1.165, 1.54) is 270 Å². The maximum atomic E-state index is 12.9. The monoisotopic (exact) mass is 1120 g/mol. The molecule has 0 aliphatic heterocycles. The molecule has 0 aromatic carbocycles. The first kappa shape index (κ1) is 77.4. The standard InChI is InChI=1S/C74H136O6/c1-4-7-10-13-16-19-22-25-28-29-30-31-32-33-34-35-36-37-38-39-40-41-42-43-44-45-47-49-52-55-58-61-64-67-73(76)79-70-71(69-78-72(75)66-63-60-57-54-51-48-27-24-21-18-15-12-9-6-3)80-74(77)68-65-62-59-56-53-50-46-26-23-20-17-14-11-8-5-2/h22,25-26,29-30,32-33,46,71H,4-21,23-24,27-28,31,34-45,47-70H2,1-3H3/b25-22-,30-29-,33-32-,46-26-. The Bertz CT molecular complexity index is 1380. The lowest BCUT2D eigenvalue weighted by atomic mass is 10.0. The molecule has 0 saturated heterocycles. The van der Waals surface area contributed by atoms with Gasteiger partial charge in [0.1, 0.15) is 13.2 Å². The van der Waals surface area contributed by atoms with Crippen LogP contribution in [0.25, 0.3) is 0 Å². The molecule has 0 aromatic heterocycles. The molecular weight excluding hydrogens is 985 g/mol. The van der Waals surface area contributed by atoms with Gasteiger partial charge < -0.3 is 14.2 Å². The molecule has 1 atom stereocenters. The SMILES string of the molecule is CCCCCCC/C=C\C/C=C\C/C=C\CCCCCCCCCCCCCCCCCCCCC(=O)OCC(COC(=O)CCCCCCCCCCCCCCCC)OC(=O)CCCCCCC/C=C\CCCCCCCC. The van der Waals surface area contributed by atoms with Crippen molar-refractivity contribution >= 4 is 17.9 Å². The first-order chi connectivity index (χ1) is 39.5. The fourth-order valence-corrected chi connectivity index (χ4v) is 10.7. The van der Waals surface area contributed by atoms with Crippen LogP contribution in [-0.4, -0.2) is 37.2 Å². The third kappa shape index (κ3) is 66.2. The van der Waals surface area contributed by atoms with E-state index in [1.807, 2.05) is 0 Å². The van der Waals surface area contributed by atoms with Crippen molar-refractivity contribution in [2.75, 3.05) is 13.2 Å². The van der Waals surface area contributed by atoms with Gasteiger partial charge in [-0.2, -0.15) is 0 Å². The maximum absolute atomic E-state index is 12.9. The Kier molecular flexibility index (Phi) is 66.6. The largest absolute Gasteiger partial charge is 0.462 e. The van der Waals surface area contributed by atoms with E-state index in [9.17, 15) is 14.4 Å². The molecule has 0 saturated carbocycles. The molecule has 6 nitrogen and oxygen atoms in total. The quantitative estimate of drug-likeness (QED) is 0.0261. The summed E-state index contributed by atoms with van der Waals surface area (Å²) in [6, 6.07) is 0. The average Bonchev–Trinajstić information content (AvgIpc) is 3.46. The molecule has 0 heterocycles. The Labute approximate surface area is 498 Å². The fraction of sp³-hybridized carbons (Fsp3) is 0.851. The van der Waals surface area contributed by atoms with Crippen molar-refractivity contribution in [3.8, 4) is 0 Å². The number of carbonyl (C=O) groups excluding carboxylic acids is 3. The van der Waals surface area contributed by atoms with Crippen molar-refractivity contribution in [1.82, 2.24) is 0 Å². The minimum absolute atomic E-state index is 0.0705.